The first-order valence-electron chi connectivity index (χ1n) is 0. The Morgan fingerprint density at radius 3 is 0.429 bits per heavy atom. The Balaban J connectivity index is 0. The van der Waals surface area contributed by atoms with Crippen LogP contribution >= 0.6 is 0 Å². The van der Waals surface area contributed by atoms with Crippen LogP contribution in [0.2, 0.25) is 0 Å². The average Bonchev–Trinajstić information content (AvgIpc) is 0. The Morgan fingerprint density at radius 2 is 0.429 bits per heavy atom. The summed E-state index contributed by atoms with van der Waals surface area (Å²) >= 11 is 0. The molecule has 0 saturated carbocycles. The summed E-state index contributed by atoms with van der Waals surface area (Å²) in [6, 6.07) is 0. The molecule has 0 spiro atoms. The molecule has 0 atom stereocenters. The van der Waals surface area contributed by atoms with Gasteiger partial charge in [-0.15, -0.1) is 0 Å². The first-order chi connectivity index (χ1) is 0. The second-order valence-electron chi connectivity index (χ2n) is 0. The van der Waals surface area contributed by atoms with Gasteiger partial charge in [-0.3, -0.25) is 0 Å². The van der Waals surface area contributed by atoms with Gasteiger partial charge in [0.25, 0.3) is 0 Å². The summed E-state index contributed by atoms with van der Waals surface area (Å²) in [4.78, 5) is 0. The van der Waals surface area contributed by atoms with Crippen LogP contribution in [0, 0.1) is 0 Å². The molecule has 0 rings (SSSR count). The molecule has 0 saturated heterocycles. The molecule has 0 heterocycles. The van der Waals surface area contributed by atoms with Crippen LogP contribution in [0.25, 0.3) is 0 Å². The molecule has 51 valence electrons. The van der Waals surface area contributed by atoms with Crippen molar-refractivity contribution in [1.82, 2.24) is 0 Å². The molecule has 0 fully saturated rings. The largest absolute Gasteiger partial charge is 0.412 e. The molecule has 0 aromatic carbocycles. The molecule has 0 aliphatic heterocycles. The normalized spacial score (nSPS) is 0. The third kappa shape index (κ3) is 71.7. The van der Waals surface area contributed by atoms with Crippen LogP contribution < -0.4 is 0 Å². The molecular weight excluding hydrogens is 268 g/mol. The first-order valence-corrected chi connectivity index (χ1v) is 0. The van der Waals surface area contributed by atoms with E-state index < -0.39 is 0 Å². The number of hydrogen-bond acceptors (Lipinski definition) is 0. The molecular formula is H8AgO4Ti2. The van der Waals surface area contributed by atoms with E-state index in [1.54, 1.807) is 0 Å². The van der Waals surface area contributed by atoms with Gasteiger partial charge in [-0.25, -0.2) is 0 Å². The van der Waals surface area contributed by atoms with E-state index in [0.717, 1.165) is 0 Å². The summed E-state index contributed by atoms with van der Waals surface area (Å²) in [5.41, 5.74) is 0. The molecule has 8 N–H and O–H groups in total. The van der Waals surface area contributed by atoms with Crippen LogP contribution in [-0.4, -0.2) is 21.9 Å². The quantitative estimate of drug-likeness (QED) is 0.411. The van der Waals surface area contributed by atoms with Gasteiger partial charge in [0.1, 0.15) is 0 Å². The Hall–Kier alpha value is 2.01. The van der Waals surface area contributed by atoms with E-state index >= 15 is 0 Å². The third-order valence-electron chi connectivity index (χ3n) is 0. The Bertz CT molecular complexity index is 9.65. The third-order valence-corrected chi connectivity index (χ3v) is 0. The van der Waals surface area contributed by atoms with Gasteiger partial charge in [0.2, 0.25) is 0 Å². The van der Waals surface area contributed by atoms with E-state index in [9.17, 15) is 0 Å². The van der Waals surface area contributed by atoms with Crippen LogP contribution in [0.1, 0.15) is 0 Å². The van der Waals surface area contributed by atoms with Gasteiger partial charge >= 0.3 is 0 Å². The molecule has 0 aromatic rings. The maximum atomic E-state index is 0. The fourth-order valence-electron chi connectivity index (χ4n) is 0. The van der Waals surface area contributed by atoms with Crippen molar-refractivity contribution in [3.8, 4) is 0 Å². The van der Waals surface area contributed by atoms with Crippen molar-refractivity contribution in [2.24, 2.45) is 0 Å². The minimum Gasteiger partial charge on any atom is -0.412 e. The predicted molar refractivity (Wildman–Crippen MR) is 14.5 cm³/mol. The zero-order valence-corrected chi connectivity index (χ0v) is 7.91. The second-order valence-corrected chi connectivity index (χ2v) is 0. The van der Waals surface area contributed by atoms with Gasteiger partial charge in [-0.05, 0) is 0 Å². The Kier molecular flexibility index (Phi) is 1990. The Labute approximate surface area is 86.9 Å². The van der Waals surface area contributed by atoms with E-state index in [4.69, 9.17) is 0 Å². The second kappa shape index (κ2) is 97.5. The van der Waals surface area contributed by atoms with Gasteiger partial charge in [0.15, 0.2) is 0 Å². The van der Waals surface area contributed by atoms with Gasteiger partial charge in [-0.2, -0.15) is 0 Å². The van der Waals surface area contributed by atoms with E-state index in [0.29, 0.717) is 0 Å². The van der Waals surface area contributed by atoms with E-state index in [1.807, 2.05) is 0 Å². The molecule has 0 bridgehead atoms. The van der Waals surface area contributed by atoms with Gasteiger partial charge in [0, 0.05) is 65.8 Å². The van der Waals surface area contributed by atoms with Gasteiger partial charge in [0.05, 0.1) is 0 Å². The van der Waals surface area contributed by atoms with Crippen LogP contribution in [0.4, 0.5) is 0 Å². The summed E-state index contributed by atoms with van der Waals surface area (Å²) in [5, 5.41) is 0. The molecule has 4 nitrogen and oxygen atoms in total. The van der Waals surface area contributed by atoms with Crippen molar-refractivity contribution >= 4 is 0 Å². The van der Waals surface area contributed by atoms with Crippen molar-refractivity contribution in [3.05, 3.63) is 0 Å². The number of hydrogen-bond donors (Lipinski definition) is 0. The smallest absolute Gasteiger partial charge is 0 e. The fraction of sp³-hybridized carbons (Fsp3) is 0. The minimum absolute atomic E-state index is 0. The van der Waals surface area contributed by atoms with Gasteiger partial charge < -0.3 is 21.9 Å². The standard InChI is InChI=1S/Ag.4H2O.2Ti/h;4*1H2;;. The summed E-state index contributed by atoms with van der Waals surface area (Å²) in [5.74, 6) is 0. The maximum Gasteiger partial charge on any atom is 0 e. The minimum atomic E-state index is 0. The monoisotopic (exact) mass is 275 g/mol. The van der Waals surface area contributed by atoms with Crippen molar-refractivity contribution in [2.75, 3.05) is 0 Å². The average molecular weight is 276 g/mol. The summed E-state index contributed by atoms with van der Waals surface area (Å²) in [6.45, 7) is 0. The molecule has 0 amide bonds. The first kappa shape index (κ1) is 143. The maximum absolute atomic E-state index is 0. The molecule has 7 heavy (non-hydrogen) atoms. The van der Waals surface area contributed by atoms with E-state index in [2.05, 4.69) is 0 Å². The Morgan fingerprint density at radius 1 is 0.429 bits per heavy atom. The van der Waals surface area contributed by atoms with E-state index in [-0.39, 0.29) is 87.7 Å². The molecule has 1 radical (unpaired) electrons. The van der Waals surface area contributed by atoms with Crippen molar-refractivity contribution in [1.29, 1.82) is 0 Å². The van der Waals surface area contributed by atoms with E-state index in [1.165, 1.54) is 0 Å². The molecule has 0 aliphatic carbocycles. The summed E-state index contributed by atoms with van der Waals surface area (Å²) in [6.07, 6.45) is 0. The summed E-state index contributed by atoms with van der Waals surface area (Å²) < 4.78 is 0. The zero-order chi connectivity index (χ0) is 0. The van der Waals surface area contributed by atoms with Crippen LogP contribution in [0.5, 0.6) is 0 Å². The topological polar surface area (TPSA) is 126 Å². The van der Waals surface area contributed by atoms with Crippen LogP contribution in [-0.2, 0) is 65.8 Å². The van der Waals surface area contributed by atoms with Gasteiger partial charge in [-0.1, -0.05) is 0 Å². The molecule has 0 aliphatic rings. The molecule has 0 unspecified atom stereocenters. The number of rotatable bonds is 0. The predicted octanol–water partition coefficient (Wildman–Crippen LogP) is -3.31. The molecule has 7 heteroatoms. The van der Waals surface area contributed by atoms with Crippen molar-refractivity contribution in [2.45, 2.75) is 0 Å². The van der Waals surface area contributed by atoms with Crippen molar-refractivity contribution < 1.29 is 87.7 Å². The fourth-order valence-corrected chi connectivity index (χ4v) is 0. The van der Waals surface area contributed by atoms with Crippen molar-refractivity contribution in [3.63, 3.8) is 0 Å². The van der Waals surface area contributed by atoms with Crippen LogP contribution in [0.3, 0.4) is 0 Å². The SMILES string of the molecule is O.O.O.O.[Ag].[Ti].[Ti]. The summed E-state index contributed by atoms with van der Waals surface area (Å²) in [7, 11) is 0. The molecule has 0 aromatic heterocycles. The zero-order valence-electron chi connectivity index (χ0n) is 3.30. The van der Waals surface area contributed by atoms with Crippen LogP contribution in [0.15, 0.2) is 0 Å².